The van der Waals surface area contributed by atoms with E-state index in [1.807, 2.05) is 12.1 Å². The molecule has 0 spiro atoms. The number of nitrogens with zero attached hydrogens (tertiary/aromatic N) is 2. The maximum atomic E-state index is 13.3. The monoisotopic (exact) mass is 725 g/mol. The van der Waals surface area contributed by atoms with Gasteiger partial charge in [-0.3, -0.25) is 4.90 Å². The maximum Gasteiger partial charge on any atom is 0.243 e. The fourth-order valence-corrected chi connectivity index (χ4v) is 15.5. The van der Waals surface area contributed by atoms with Crippen molar-refractivity contribution < 1.29 is 8.42 Å². The van der Waals surface area contributed by atoms with E-state index in [1.165, 1.54) is 80.9 Å². The zero-order chi connectivity index (χ0) is 36.5. The summed E-state index contributed by atoms with van der Waals surface area (Å²) in [5.41, 5.74) is 6.88. The topological polar surface area (TPSA) is 52.7 Å². The summed E-state index contributed by atoms with van der Waals surface area (Å²) in [6.07, 6.45) is 17.3. The van der Waals surface area contributed by atoms with Gasteiger partial charge in [-0.05, 0) is 146 Å². The van der Waals surface area contributed by atoms with E-state index in [2.05, 4.69) is 82.1 Å². The molecule has 1 aliphatic heterocycles. The Morgan fingerprint density at radius 3 is 2.21 bits per heavy atom. The molecule has 5 aliphatic carbocycles. The maximum absolute atomic E-state index is 13.3. The Kier molecular flexibility index (Phi) is 9.69. The van der Waals surface area contributed by atoms with E-state index in [1.54, 1.807) is 22.0 Å². The molecule has 5 nitrogen and oxygen atoms in total. The lowest BCUT2D eigenvalue weighted by atomic mass is 9.37. The van der Waals surface area contributed by atoms with Crippen LogP contribution in [0.5, 0.6) is 0 Å². The summed E-state index contributed by atoms with van der Waals surface area (Å²) in [4.78, 5) is 2.92. The van der Waals surface area contributed by atoms with Crippen molar-refractivity contribution in [3.63, 3.8) is 0 Å². The van der Waals surface area contributed by atoms with Crippen LogP contribution in [0.15, 0.2) is 59.5 Å². The van der Waals surface area contributed by atoms with Crippen LogP contribution in [0.2, 0.25) is 0 Å². The summed E-state index contributed by atoms with van der Waals surface area (Å²) in [5.74, 6) is 4.09. The number of aryl methyl sites for hydroxylation is 2. The van der Waals surface area contributed by atoms with Crippen LogP contribution in [0, 0.1) is 52.8 Å². The molecular weight excluding hydrogens is 659 g/mol. The second-order valence-corrected chi connectivity index (χ2v) is 21.2. The third-order valence-corrected chi connectivity index (χ3v) is 18.6. The Bertz CT molecular complexity index is 1740. The largest absolute Gasteiger partial charge is 0.310 e. The number of nitrogens with one attached hydrogen (secondary N) is 1. The highest BCUT2D eigenvalue weighted by atomic mass is 32.2. The Morgan fingerprint density at radius 1 is 0.769 bits per heavy atom. The summed E-state index contributed by atoms with van der Waals surface area (Å²) >= 11 is 0. The first-order valence-electron chi connectivity index (χ1n) is 21.2. The van der Waals surface area contributed by atoms with Gasteiger partial charge in [0.25, 0.3) is 0 Å². The van der Waals surface area contributed by atoms with Crippen LogP contribution in [-0.4, -0.2) is 62.4 Å². The van der Waals surface area contributed by atoms with Crippen molar-refractivity contribution in [3.8, 4) is 0 Å². The van der Waals surface area contributed by atoms with Gasteiger partial charge in [-0.2, -0.15) is 4.31 Å². The van der Waals surface area contributed by atoms with Gasteiger partial charge in [-0.1, -0.05) is 89.1 Å². The van der Waals surface area contributed by atoms with Crippen molar-refractivity contribution in [2.75, 3.05) is 39.3 Å². The average molecular weight is 726 g/mol. The third kappa shape index (κ3) is 6.00. The predicted octanol–water partition coefficient (Wildman–Crippen LogP) is 9.36. The number of benzene rings is 2. The summed E-state index contributed by atoms with van der Waals surface area (Å²) in [5, 5.41) is 4.25. The lowest BCUT2D eigenvalue weighted by Gasteiger charge is -2.68. The van der Waals surface area contributed by atoms with Crippen molar-refractivity contribution in [2.45, 2.75) is 123 Å². The molecule has 1 saturated heterocycles. The van der Waals surface area contributed by atoms with Gasteiger partial charge in [0.05, 0.1) is 4.90 Å². The van der Waals surface area contributed by atoms with Crippen molar-refractivity contribution in [3.05, 3.63) is 71.3 Å². The molecule has 6 aliphatic rings. The SMILES string of the molecule is CCc1ccc(S(=O)(=O)N2CCN(CCN[C@]34CCCC3[C@H]3CCC5[C@@](C)(CCC6C(C)(C)C(c7ccc(C)cc7)=CC[C@@]65C)C3CC4)CC2)cc1. The van der Waals surface area contributed by atoms with Gasteiger partial charge in [0.2, 0.25) is 10.0 Å². The molecule has 0 bridgehead atoms. The molecule has 4 saturated carbocycles. The zero-order valence-corrected chi connectivity index (χ0v) is 34.0. The first-order chi connectivity index (χ1) is 24.8. The Balaban J connectivity index is 0.903. The van der Waals surface area contributed by atoms with E-state index in [-0.39, 0.29) is 5.41 Å². The first-order valence-corrected chi connectivity index (χ1v) is 22.6. The number of rotatable bonds is 8. The van der Waals surface area contributed by atoms with Crippen molar-refractivity contribution in [2.24, 2.45) is 45.8 Å². The van der Waals surface area contributed by atoms with Gasteiger partial charge in [-0.25, -0.2) is 8.42 Å². The van der Waals surface area contributed by atoms with Crippen molar-refractivity contribution >= 4 is 15.6 Å². The van der Waals surface area contributed by atoms with E-state index in [0.29, 0.717) is 34.4 Å². The third-order valence-electron chi connectivity index (χ3n) is 16.7. The molecule has 284 valence electrons. The van der Waals surface area contributed by atoms with Gasteiger partial charge in [0.15, 0.2) is 0 Å². The van der Waals surface area contributed by atoms with Crippen LogP contribution in [0.3, 0.4) is 0 Å². The average Bonchev–Trinajstić information content (AvgIpc) is 3.57. The number of allylic oxidation sites excluding steroid dienone is 2. The number of fused-ring (bicyclic) bond motifs is 7. The van der Waals surface area contributed by atoms with E-state index in [4.69, 9.17) is 0 Å². The lowest BCUT2D eigenvalue weighted by Crippen LogP contribution is -2.64. The van der Waals surface area contributed by atoms with Crippen LogP contribution in [0.1, 0.15) is 116 Å². The van der Waals surface area contributed by atoms with Crippen molar-refractivity contribution in [1.29, 1.82) is 0 Å². The van der Waals surface area contributed by atoms with Crippen LogP contribution < -0.4 is 5.32 Å². The summed E-state index contributed by atoms with van der Waals surface area (Å²) in [6, 6.07) is 16.8. The smallest absolute Gasteiger partial charge is 0.243 e. The minimum atomic E-state index is -3.43. The normalized spacial score (nSPS) is 37.7. The highest BCUT2D eigenvalue weighted by molar-refractivity contribution is 7.89. The zero-order valence-electron chi connectivity index (χ0n) is 33.2. The quantitative estimate of drug-likeness (QED) is 0.295. The second kappa shape index (κ2) is 13.6. The number of sulfonamides is 1. The van der Waals surface area contributed by atoms with Gasteiger partial charge in [-0.15, -0.1) is 0 Å². The van der Waals surface area contributed by atoms with Crippen LogP contribution in [0.25, 0.3) is 5.57 Å². The van der Waals surface area contributed by atoms with E-state index in [9.17, 15) is 8.42 Å². The van der Waals surface area contributed by atoms with E-state index in [0.717, 1.165) is 62.2 Å². The Labute approximate surface area is 316 Å². The molecule has 6 heteroatoms. The van der Waals surface area contributed by atoms with Gasteiger partial charge in [0.1, 0.15) is 0 Å². The first kappa shape index (κ1) is 37.0. The van der Waals surface area contributed by atoms with Crippen LogP contribution >= 0.6 is 0 Å². The van der Waals surface area contributed by atoms with Crippen molar-refractivity contribution in [1.82, 2.24) is 14.5 Å². The number of hydrogen-bond acceptors (Lipinski definition) is 4. The highest BCUT2D eigenvalue weighted by Gasteiger charge is 2.65. The molecular formula is C46H67N3O2S. The fourth-order valence-electron chi connectivity index (χ4n) is 14.1. The van der Waals surface area contributed by atoms with Gasteiger partial charge >= 0.3 is 0 Å². The summed E-state index contributed by atoms with van der Waals surface area (Å²) in [7, 11) is -3.43. The molecule has 2 aromatic carbocycles. The Hall–Kier alpha value is -1.99. The molecule has 1 N–H and O–H groups in total. The van der Waals surface area contributed by atoms with Gasteiger partial charge in [0, 0.05) is 44.8 Å². The minimum Gasteiger partial charge on any atom is -0.310 e. The molecule has 4 unspecified atom stereocenters. The van der Waals surface area contributed by atoms with E-state index < -0.39 is 10.0 Å². The van der Waals surface area contributed by atoms with Crippen LogP contribution in [-0.2, 0) is 16.4 Å². The molecule has 2 aromatic rings. The molecule has 0 radical (unpaired) electrons. The van der Waals surface area contributed by atoms with E-state index >= 15 is 0 Å². The molecule has 8 atom stereocenters. The minimum absolute atomic E-state index is 0.194. The summed E-state index contributed by atoms with van der Waals surface area (Å²) in [6.45, 7) is 19.7. The fraction of sp³-hybridized carbons (Fsp3) is 0.696. The standard InChI is InChI=1S/C46H67N3O2S/c1-7-34-12-16-36(17-13-34)52(50,51)49-31-29-48(30-32-49)28-27-47-46-23-8-9-40(46)37-18-19-42-44(5,39(37)21-26-46)25-22-41-43(3,4)38(20-24-45(41,42)6)35-14-10-33(2)11-15-35/h10-17,20,37,39-42,47H,7-9,18-19,21-32H2,1-6H3/t37-,39?,40?,41?,42?,44-,45-,46-/m0/s1. The highest BCUT2D eigenvalue weighted by Crippen LogP contribution is 2.72. The molecule has 8 rings (SSSR count). The van der Waals surface area contributed by atoms with Gasteiger partial charge < -0.3 is 5.32 Å². The number of piperazine rings is 1. The lowest BCUT2D eigenvalue weighted by molar-refractivity contribution is -0.172. The molecule has 0 amide bonds. The molecule has 5 fully saturated rings. The second-order valence-electron chi connectivity index (χ2n) is 19.3. The Morgan fingerprint density at radius 2 is 1.50 bits per heavy atom. The molecule has 0 aromatic heterocycles. The summed E-state index contributed by atoms with van der Waals surface area (Å²) < 4.78 is 28.4. The molecule has 52 heavy (non-hydrogen) atoms. The number of hydrogen-bond donors (Lipinski definition) is 1. The van der Waals surface area contributed by atoms with Crippen LogP contribution in [0.4, 0.5) is 0 Å². The predicted molar refractivity (Wildman–Crippen MR) is 215 cm³/mol. The molecule has 1 heterocycles.